The average molecular weight is 277 g/mol. The molecule has 0 spiro atoms. The molecule has 2 heterocycles. The van der Waals surface area contributed by atoms with Crippen LogP contribution in [0.25, 0.3) is 0 Å². The molecule has 1 unspecified atom stereocenters. The highest BCUT2D eigenvalue weighted by atomic mass is 79.9. The number of nitrogens with zero attached hydrogens (tertiary/aromatic N) is 2. The Hall–Kier alpha value is -0.130. The second kappa shape index (κ2) is 4.59. The minimum Gasteiger partial charge on any atom is -0.393 e. The number of rotatable bonds is 1. The Balaban J connectivity index is 2.04. The van der Waals surface area contributed by atoms with Crippen molar-refractivity contribution in [3.05, 3.63) is 9.98 Å². The zero-order valence-electron chi connectivity index (χ0n) is 7.82. The van der Waals surface area contributed by atoms with Crippen molar-refractivity contribution in [2.24, 2.45) is 0 Å². The fourth-order valence-corrected chi connectivity index (χ4v) is 2.96. The van der Waals surface area contributed by atoms with E-state index in [0.29, 0.717) is 0 Å². The van der Waals surface area contributed by atoms with Crippen LogP contribution >= 0.6 is 27.3 Å². The number of hydrogen-bond donors (Lipinski definition) is 1. The molecule has 0 bridgehead atoms. The zero-order chi connectivity index (χ0) is 9.97. The van der Waals surface area contributed by atoms with Gasteiger partial charge >= 0.3 is 0 Å². The number of halogens is 1. The molecule has 78 valence electrons. The van der Waals surface area contributed by atoms with Crippen molar-refractivity contribution >= 4 is 32.4 Å². The second-order valence-electron chi connectivity index (χ2n) is 3.52. The minimum atomic E-state index is -0.122. The first kappa shape index (κ1) is 10.4. The van der Waals surface area contributed by atoms with Gasteiger partial charge in [0.15, 0.2) is 5.13 Å². The molecular formula is C9H13BrN2OS. The van der Waals surface area contributed by atoms with Crippen LogP contribution in [-0.4, -0.2) is 29.3 Å². The van der Waals surface area contributed by atoms with Crippen molar-refractivity contribution < 1.29 is 5.11 Å². The summed E-state index contributed by atoms with van der Waals surface area (Å²) in [6, 6.07) is 0. The highest BCUT2D eigenvalue weighted by molar-refractivity contribution is 9.10. The lowest BCUT2D eigenvalue weighted by Gasteiger charge is -2.18. The Kier molecular flexibility index (Phi) is 3.41. The Bertz CT molecular complexity index is 305. The molecule has 5 heteroatoms. The van der Waals surface area contributed by atoms with Gasteiger partial charge in [-0.05, 0) is 35.2 Å². The number of thiazole rings is 1. The van der Waals surface area contributed by atoms with Crippen LogP contribution in [0, 0.1) is 0 Å². The van der Waals surface area contributed by atoms with E-state index in [4.69, 9.17) is 0 Å². The van der Waals surface area contributed by atoms with Gasteiger partial charge in [0.05, 0.1) is 6.10 Å². The third kappa shape index (κ3) is 2.46. The van der Waals surface area contributed by atoms with E-state index < -0.39 is 0 Å². The largest absolute Gasteiger partial charge is 0.393 e. The Morgan fingerprint density at radius 2 is 2.36 bits per heavy atom. The highest BCUT2D eigenvalue weighted by Crippen LogP contribution is 2.25. The predicted octanol–water partition coefficient (Wildman–Crippen LogP) is 2.26. The molecule has 0 amide bonds. The van der Waals surface area contributed by atoms with Crippen LogP contribution in [0.15, 0.2) is 9.98 Å². The second-order valence-corrected chi connectivity index (χ2v) is 5.17. The first-order chi connectivity index (χ1) is 6.75. The molecule has 14 heavy (non-hydrogen) atoms. The quantitative estimate of drug-likeness (QED) is 0.855. The van der Waals surface area contributed by atoms with Gasteiger partial charge in [0, 0.05) is 18.5 Å². The van der Waals surface area contributed by atoms with Crippen LogP contribution in [0.5, 0.6) is 0 Å². The van der Waals surface area contributed by atoms with Crippen molar-refractivity contribution in [1.29, 1.82) is 0 Å². The summed E-state index contributed by atoms with van der Waals surface area (Å²) in [6.45, 7) is 1.93. The summed E-state index contributed by atoms with van der Waals surface area (Å²) in [5.41, 5.74) is 0. The first-order valence-corrected chi connectivity index (χ1v) is 6.47. The normalized spacial score (nSPS) is 23.6. The molecule has 1 N–H and O–H groups in total. The van der Waals surface area contributed by atoms with Crippen LogP contribution in [0.1, 0.15) is 19.3 Å². The predicted molar refractivity (Wildman–Crippen MR) is 61.9 cm³/mol. The third-order valence-electron chi connectivity index (χ3n) is 2.43. The molecule has 1 saturated heterocycles. The van der Waals surface area contributed by atoms with Crippen LogP contribution in [-0.2, 0) is 0 Å². The molecular weight excluding hydrogens is 264 g/mol. The molecule has 2 rings (SSSR count). The average Bonchev–Trinajstić information content (AvgIpc) is 2.46. The maximum Gasteiger partial charge on any atom is 0.186 e. The molecule has 3 nitrogen and oxygen atoms in total. The summed E-state index contributed by atoms with van der Waals surface area (Å²) in [5.74, 6) is 0. The van der Waals surface area contributed by atoms with E-state index in [1.807, 2.05) is 5.38 Å². The van der Waals surface area contributed by atoms with Gasteiger partial charge in [-0.2, -0.15) is 0 Å². The van der Waals surface area contributed by atoms with Crippen LogP contribution in [0.3, 0.4) is 0 Å². The summed E-state index contributed by atoms with van der Waals surface area (Å²) in [7, 11) is 0. The number of aromatic nitrogens is 1. The number of anilines is 1. The first-order valence-electron chi connectivity index (χ1n) is 4.80. The van der Waals surface area contributed by atoms with Gasteiger partial charge in [-0.25, -0.2) is 4.98 Å². The lowest BCUT2D eigenvalue weighted by Crippen LogP contribution is -2.24. The van der Waals surface area contributed by atoms with Gasteiger partial charge in [0.25, 0.3) is 0 Å². The Labute approximate surface area is 95.9 Å². The standard InChI is InChI=1S/C9H13BrN2OS/c10-8-6-14-9(11-8)12-4-1-2-7(13)3-5-12/h6-7,13H,1-5H2. The summed E-state index contributed by atoms with van der Waals surface area (Å²) >= 11 is 5.01. The van der Waals surface area contributed by atoms with Crippen LogP contribution in [0.4, 0.5) is 5.13 Å². The molecule has 0 aromatic carbocycles. The Morgan fingerprint density at radius 3 is 3.07 bits per heavy atom. The van der Waals surface area contributed by atoms with E-state index in [1.165, 1.54) is 0 Å². The zero-order valence-corrected chi connectivity index (χ0v) is 10.2. The van der Waals surface area contributed by atoms with Gasteiger partial charge in [-0.3, -0.25) is 0 Å². The Morgan fingerprint density at radius 1 is 1.50 bits per heavy atom. The SMILES string of the molecule is OC1CCCN(c2nc(Br)cs2)CC1. The van der Waals surface area contributed by atoms with E-state index in [-0.39, 0.29) is 6.10 Å². The maximum atomic E-state index is 9.51. The topological polar surface area (TPSA) is 36.4 Å². The van der Waals surface area contributed by atoms with Gasteiger partial charge in [-0.15, -0.1) is 11.3 Å². The smallest absolute Gasteiger partial charge is 0.186 e. The van der Waals surface area contributed by atoms with E-state index in [9.17, 15) is 5.11 Å². The van der Waals surface area contributed by atoms with E-state index in [2.05, 4.69) is 25.8 Å². The minimum absolute atomic E-state index is 0.122. The number of hydrogen-bond acceptors (Lipinski definition) is 4. The highest BCUT2D eigenvalue weighted by Gasteiger charge is 2.16. The number of aliphatic hydroxyl groups excluding tert-OH is 1. The van der Waals surface area contributed by atoms with Crippen LogP contribution in [0.2, 0.25) is 0 Å². The van der Waals surface area contributed by atoms with Crippen molar-refractivity contribution in [3.8, 4) is 0 Å². The summed E-state index contributed by atoms with van der Waals surface area (Å²) in [6.07, 6.45) is 2.71. The van der Waals surface area contributed by atoms with Gasteiger partial charge in [0.1, 0.15) is 4.60 Å². The van der Waals surface area contributed by atoms with E-state index >= 15 is 0 Å². The maximum absolute atomic E-state index is 9.51. The summed E-state index contributed by atoms with van der Waals surface area (Å²) < 4.78 is 0.905. The van der Waals surface area contributed by atoms with Crippen molar-refractivity contribution in [3.63, 3.8) is 0 Å². The molecule has 1 atom stereocenters. The van der Waals surface area contributed by atoms with Gasteiger partial charge < -0.3 is 10.0 Å². The van der Waals surface area contributed by atoms with Crippen LogP contribution < -0.4 is 4.90 Å². The molecule has 1 aromatic heterocycles. The molecule has 0 aliphatic carbocycles. The van der Waals surface area contributed by atoms with Crippen molar-refractivity contribution in [2.45, 2.75) is 25.4 Å². The van der Waals surface area contributed by atoms with Gasteiger partial charge in [-0.1, -0.05) is 0 Å². The fraction of sp³-hybridized carbons (Fsp3) is 0.667. The molecule has 1 fully saturated rings. The monoisotopic (exact) mass is 276 g/mol. The lowest BCUT2D eigenvalue weighted by molar-refractivity contribution is 0.161. The van der Waals surface area contributed by atoms with Gasteiger partial charge in [0.2, 0.25) is 0 Å². The molecule has 1 aliphatic rings. The molecule has 0 saturated carbocycles. The molecule has 0 radical (unpaired) electrons. The summed E-state index contributed by atoms with van der Waals surface area (Å²) in [5, 5.41) is 12.6. The number of aliphatic hydroxyl groups is 1. The van der Waals surface area contributed by atoms with E-state index in [1.54, 1.807) is 11.3 Å². The third-order valence-corrected chi connectivity index (χ3v) is 4.04. The van der Waals surface area contributed by atoms with Crippen molar-refractivity contribution in [2.75, 3.05) is 18.0 Å². The van der Waals surface area contributed by atoms with E-state index in [0.717, 1.165) is 42.1 Å². The molecule has 1 aliphatic heterocycles. The van der Waals surface area contributed by atoms with Crippen molar-refractivity contribution in [1.82, 2.24) is 4.98 Å². The lowest BCUT2D eigenvalue weighted by atomic mass is 10.2. The molecule has 1 aromatic rings. The fourth-order valence-electron chi connectivity index (χ4n) is 1.66. The summed E-state index contributed by atoms with van der Waals surface area (Å²) in [4.78, 5) is 6.64.